The summed E-state index contributed by atoms with van der Waals surface area (Å²) in [5.41, 5.74) is 2.27. The molecule has 0 atom stereocenters. The Kier molecular flexibility index (Phi) is 5.62. The lowest BCUT2D eigenvalue weighted by atomic mass is 10.3. The van der Waals surface area contributed by atoms with E-state index in [0.29, 0.717) is 19.1 Å². The second kappa shape index (κ2) is 7.90. The summed E-state index contributed by atoms with van der Waals surface area (Å²) in [6.45, 7) is 1.24. The highest BCUT2D eigenvalue weighted by Crippen LogP contribution is 2.38. The van der Waals surface area contributed by atoms with E-state index >= 15 is 0 Å². The van der Waals surface area contributed by atoms with E-state index in [1.165, 1.54) is 18.4 Å². The van der Waals surface area contributed by atoms with Gasteiger partial charge in [-0.2, -0.15) is 0 Å². The molecule has 0 aliphatic heterocycles. The van der Waals surface area contributed by atoms with Gasteiger partial charge in [-0.3, -0.25) is 4.99 Å². The predicted molar refractivity (Wildman–Crippen MR) is 109 cm³/mol. The Morgan fingerprint density at radius 1 is 1.20 bits per heavy atom. The number of imidazole rings is 1. The molecule has 1 fully saturated rings. The molecule has 0 spiro atoms. The largest absolute Gasteiger partial charge is 0.467 e. The van der Waals surface area contributed by atoms with Gasteiger partial charge in [0.15, 0.2) is 5.96 Å². The number of aromatic nitrogens is 2. The predicted octanol–water partition coefficient (Wildman–Crippen LogP) is 3.45. The molecule has 7 heteroatoms. The molecule has 1 saturated carbocycles. The van der Waals surface area contributed by atoms with Gasteiger partial charge in [-0.1, -0.05) is 12.1 Å². The van der Waals surface area contributed by atoms with Crippen molar-refractivity contribution in [3.63, 3.8) is 0 Å². The van der Waals surface area contributed by atoms with E-state index in [0.717, 1.165) is 23.1 Å². The molecule has 1 aliphatic rings. The molecule has 6 nitrogen and oxygen atoms in total. The van der Waals surface area contributed by atoms with Crippen molar-refractivity contribution in [2.75, 3.05) is 7.05 Å². The maximum absolute atomic E-state index is 5.33. The summed E-state index contributed by atoms with van der Waals surface area (Å²) >= 11 is 0. The van der Waals surface area contributed by atoms with Gasteiger partial charge in [-0.25, -0.2) is 4.98 Å². The van der Waals surface area contributed by atoms with Gasteiger partial charge < -0.3 is 19.6 Å². The van der Waals surface area contributed by atoms with Crippen molar-refractivity contribution >= 4 is 41.0 Å². The van der Waals surface area contributed by atoms with Crippen LogP contribution in [0.15, 0.2) is 52.1 Å². The zero-order valence-electron chi connectivity index (χ0n) is 14.1. The molecular weight excluding hydrogens is 429 g/mol. The fourth-order valence-corrected chi connectivity index (χ4v) is 2.93. The zero-order valence-corrected chi connectivity index (χ0v) is 16.4. The van der Waals surface area contributed by atoms with Crippen LogP contribution in [0.3, 0.4) is 0 Å². The second-order valence-electron chi connectivity index (χ2n) is 5.98. The number of rotatable bonds is 5. The first-order chi connectivity index (χ1) is 11.8. The smallest absolute Gasteiger partial charge is 0.191 e. The van der Waals surface area contributed by atoms with Crippen LogP contribution in [0.1, 0.15) is 30.5 Å². The molecule has 1 aromatic carbocycles. The summed E-state index contributed by atoms with van der Waals surface area (Å²) in [5.74, 6) is 2.67. The van der Waals surface area contributed by atoms with Crippen molar-refractivity contribution in [1.29, 1.82) is 0 Å². The Labute approximate surface area is 163 Å². The quantitative estimate of drug-likeness (QED) is 0.354. The van der Waals surface area contributed by atoms with E-state index in [9.17, 15) is 0 Å². The topological polar surface area (TPSA) is 67.4 Å². The summed E-state index contributed by atoms with van der Waals surface area (Å²) in [4.78, 5) is 9.05. The summed E-state index contributed by atoms with van der Waals surface area (Å²) in [7, 11) is 1.77. The van der Waals surface area contributed by atoms with Crippen LogP contribution in [-0.4, -0.2) is 22.6 Å². The Morgan fingerprint density at radius 2 is 2.00 bits per heavy atom. The van der Waals surface area contributed by atoms with Crippen molar-refractivity contribution in [3.8, 4) is 0 Å². The van der Waals surface area contributed by atoms with E-state index in [-0.39, 0.29) is 24.0 Å². The zero-order chi connectivity index (χ0) is 16.4. The van der Waals surface area contributed by atoms with Crippen molar-refractivity contribution < 1.29 is 4.42 Å². The number of hydrogen-bond acceptors (Lipinski definition) is 3. The van der Waals surface area contributed by atoms with Crippen LogP contribution in [0.2, 0.25) is 0 Å². The molecule has 0 amide bonds. The number of aliphatic imine (C=N–C) groups is 1. The number of para-hydroxylation sites is 2. The van der Waals surface area contributed by atoms with Crippen LogP contribution >= 0.6 is 24.0 Å². The van der Waals surface area contributed by atoms with Crippen LogP contribution in [0.4, 0.5) is 0 Å². The molecule has 2 N–H and O–H groups in total. The van der Waals surface area contributed by atoms with Gasteiger partial charge in [0, 0.05) is 13.1 Å². The van der Waals surface area contributed by atoms with E-state index in [1.54, 1.807) is 13.3 Å². The number of benzene rings is 1. The number of nitrogens with zero attached hydrogens (tertiary/aromatic N) is 3. The lowest BCUT2D eigenvalue weighted by molar-refractivity contribution is 0.501. The van der Waals surface area contributed by atoms with Crippen LogP contribution in [0, 0.1) is 0 Å². The van der Waals surface area contributed by atoms with Gasteiger partial charge in [-0.05, 0) is 37.1 Å². The average Bonchev–Trinajstić information content (AvgIpc) is 3.18. The van der Waals surface area contributed by atoms with Crippen LogP contribution in [0.25, 0.3) is 11.0 Å². The third-order valence-corrected chi connectivity index (χ3v) is 4.23. The van der Waals surface area contributed by atoms with E-state index in [4.69, 9.17) is 9.40 Å². The summed E-state index contributed by atoms with van der Waals surface area (Å²) in [5, 5.41) is 6.59. The van der Waals surface area contributed by atoms with Gasteiger partial charge in [0.25, 0.3) is 0 Å². The fraction of sp³-hybridized carbons (Fsp3) is 0.333. The highest BCUT2D eigenvalue weighted by Gasteiger charge is 2.27. The Morgan fingerprint density at radius 3 is 2.72 bits per heavy atom. The summed E-state index contributed by atoms with van der Waals surface area (Å²) < 4.78 is 7.69. The average molecular weight is 451 g/mol. The molecule has 0 saturated heterocycles. The van der Waals surface area contributed by atoms with E-state index in [1.807, 2.05) is 18.2 Å². The third kappa shape index (κ3) is 3.97. The molecule has 0 radical (unpaired) electrons. The number of hydrogen-bond donors (Lipinski definition) is 2. The molecule has 4 rings (SSSR count). The van der Waals surface area contributed by atoms with E-state index < -0.39 is 0 Å². The molecule has 2 aromatic heterocycles. The first-order valence-electron chi connectivity index (χ1n) is 8.28. The standard InChI is InChI=1S/C18H21N5O.HI/c1-19-18(20-11-14-5-4-10-24-14)21-12-17-22-15-6-2-3-7-16(15)23(17)13-8-9-13;/h2-7,10,13H,8-9,11-12H2,1H3,(H2,19,20,21);1H. The monoisotopic (exact) mass is 451 g/mol. The molecule has 1 aliphatic carbocycles. The summed E-state index contributed by atoms with van der Waals surface area (Å²) in [6, 6.07) is 12.7. The first-order valence-corrected chi connectivity index (χ1v) is 8.28. The summed E-state index contributed by atoms with van der Waals surface area (Å²) in [6.07, 6.45) is 4.14. The van der Waals surface area contributed by atoms with Gasteiger partial charge >= 0.3 is 0 Å². The molecule has 3 aromatic rings. The number of fused-ring (bicyclic) bond motifs is 1. The lowest BCUT2D eigenvalue weighted by Crippen LogP contribution is -2.36. The van der Waals surface area contributed by atoms with E-state index in [2.05, 4.69) is 38.4 Å². The van der Waals surface area contributed by atoms with Crippen LogP contribution < -0.4 is 10.6 Å². The Hall–Kier alpha value is -2.03. The molecular formula is C18H22IN5O. The van der Waals surface area contributed by atoms with Gasteiger partial charge in [0.1, 0.15) is 11.6 Å². The van der Waals surface area contributed by atoms with Crippen LogP contribution in [-0.2, 0) is 13.1 Å². The molecule has 132 valence electrons. The number of guanidine groups is 1. The maximum Gasteiger partial charge on any atom is 0.191 e. The highest BCUT2D eigenvalue weighted by molar-refractivity contribution is 14.0. The van der Waals surface area contributed by atoms with Crippen molar-refractivity contribution in [1.82, 2.24) is 20.2 Å². The number of halogens is 1. The Bertz CT molecular complexity index is 852. The Balaban J connectivity index is 0.00000182. The minimum Gasteiger partial charge on any atom is -0.467 e. The van der Waals surface area contributed by atoms with Gasteiger partial charge in [0.2, 0.25) is 0 Å². The molecule has 25 heavy (non-hydrogen) atoms. The van der Waals surface area contributed by atoms with Gasteiger partial charge in [-0.15, -0.1) is 24.0 Å². The maximum atomic E-state index is 5.33. The molecule has 2 heterocycles. The third-order valence-electron chi connectivity index (χ3n) is 4.23. The van der Waals surface area contributed by atoms with Crippen molar-refractivity contribution in [3.05, 3.63) is 54.2 Å². The molecule has 0 bridgehead atoms. The van der Waals surface area contributed by atoms with Crippen molar-refractivity contribution in [2.45, 2.75) is 32.0 Å². The van der Waals surface area contributed by atoms with Crippen molar-refractivity contribution in [2.24, 2.45) is 4.99 Å². The second-order valence-corrected chi connectivity index (χ2v) is 5.98. The minimum absolute atomic E-state index is 0. The van der Waals surface area contributed by atoms with Gasteiger partial charge in [0.05, 0.1) is 30.4 Å². The number of nitrogens with one attached hydrogen (secondary N) is 2. The first kappa shape index (κ1) is 17.8. The highest BCUT2D eigenvalue weighted by atomic mass is 127. The number of furan rings is 1. The lowest BCUT2D eigenvalue weighted by Gasteiger charge is -2.12. The normalized spacial score (nSPS) is 14.4. The molecule has 0 unspecified atom stereocenters. The SMILES string of the molecule is CN=C(NCc1ccco1)NCc1nc2ccccc2n1C1CC1.I. The fourth-order valence-electron chi connectivity index (χ4n) is 2.93. The van der Waals surface area contributed by atoms with Crippen LogP contribution in [0.5, 0.6) is 0 Å². The minimum atomic E-state index is 0.